The maximum absolute atomic E-state index is 12.0. The summed E-state index contributed by atoms with van der Waals surface area (Å²) in [6.45, 7) is 5.21. The van der Waals surface area contributed by atoms with E-state index in [9.17, 15) is 14.7 Å². The first-order chi connectivity index (χ1) is 8.44. The first-order valence-electron chi connectivity index (χ1n) is 6.72. The molecular weight excluding hydrogens is 232 g/mol. The van der Waals surface area contributed by atoms with E-state index in [-0.39, 0.29) is 18.6 Å². The minimum Gasteiger partial charge on any atom is -0.481 e. The Morgan fingerprint density at radius 3 is 2.44 bits per heavy atom. The van der Waals surface area contributed by atoms with Gasteiger partial charge in [-0.15, -0.1) is 0 Å². The van der Waals surface area contributed by atoms with Gasteiger partial charge in [-0.05, 0) is 32.1 Å². The van der Waals surface area contributed by atoms with E-state index in [0.717, 1.165) is 19.4 Å². The van der Waals surface area contributed by atoms with Crippen LogP contribution in [0.1, 0.15) is 39.5 Å². The van der Waals surface area contributed by atoms with E-state index in [0.29, 0.717) is 18.8 Å². The summed E-state index contributed by atoms with van der Waals surface area (Å²) in [6.07, 6.45) is 3.32. The smallest absolute Gasteiger partial charge is 0.317 e. The number of urea groups is 1. The average molecular weight is 254 g/mol. The molecule has 2 amide bonds. The fraction of sp³-hybridized carbons (Fsp3) is 0.846. The number of carbonyl (C=O) groups is 2. The minimum absolute atomic E-state index is 0.112. The van der Waals surface area contributed by atoms with Crippen LogP contribution in [-0.4, -0.2) is 41.1 Å². The molecule has 2 N–H and O–H groups in total. The summed E-state index contributed by atoms with van der Waals surface area (Å²) in [5.41, 5.74) is -0.704. The third-order valence-corrected chi connectivity index (χ3v) is 4.39. The summed E-state index contributed by atoms with van der Waals surface area (Å²) in [7, 11) is 0. The van der Waals surface area contributed by atoms with Gasteiger partial charge in [0.25, 0.3) is 0 Å². The van der Waals surface area contributed by atoms with Crippen LogP contribution in [-0.2, 0) is 4.79 Å². The standard InChI is InChI=1S/C13H22N2O3/c1-9-6-10(2)15(7-9)12(18)14-8-13(11(16)17)4-3-5-13/h9-10H,3-8H2,1-2H3,(H,14,18)(H,16,17). The summed E-state index contributed by atoms with van der Waals surface area (Å²) in [4.78, 5) is 25.0. The SMILES string of the molecule is CC1CC(C)N(C(=O)NCC2(C(=O)O)CCC2)C1. The van der Waals surface area contributed by atoms with E-state index in [1.54, 1.807) is 0 Å². The van der Waals surface area contributed by atoms with E-state index in [1.807, 2.05) is 11.8 Å². The first kappa shape index (κ1) is 13.2. The topological polar surface area (TPSA) is 69.6 Å². The van der Waals surface area contributed by atoms with Crippen LogP contribution in [0.2, 0.25) is 0 Å². The number of carboxylic acid groups (broad SMARTS) is 1. The van der Waals surface area contributed by atoms with Gasteiger partial charge in [0, 0.05) is 19.1 Å². The zero-order valence-electron chi connectivity index (χ0n) is 11.1. The summed E-state index contributed by atoms with van der Waals surface area (Å²) >= 11 is 0. The second kappa shape index (κ2) is 4.78. The van der Waals surface area contributed by atoms with Gasteiger partial charge >= 0.3 is 12.0 Å². The van der Waals surface area contributed by atoms with Gasteiger partial charge in [0.15, 0.2) is 0 Å². The number of hydrogen-bond donors (Lipinski definition) is 2. The molecule has 1 saturated carbocycles. The Hall–Kier alpha value is -1.26. The van der Waals surface area contributed by atoms with Crippen LogP contribution in [0.3, 0.4) is 0 Å². The molecule has 1 aliphatic heterocycles. The van der Waals surface area contributed by atoms with Gasteiger partial charge < -0.3 is 15.3 Å². The molecule has 0 bridgehead atoms. The molecule has 2 atom stereocenters. The van der Waals surface area contributed by atoms with E-state index in [4.69, 9.17) is 0 Å². The van der Waals surface area contributed by atoms with Gasteiger partial charge in [-0.3, -0.25) is 4.79 Å². The zero-order chi connectivity index (χ0) is 13.3. The lowest BCUT2D eigenvalue weighted by Crippen LogP contribution is -2.51. The number of nitrogens with one attached hydrogen (secondary N) is 1. The molecule has 2 unspecified atom stereocenters. The monoisotopic (exact) mass is 254 g/mol. The highest BCUT2D eigenvalue weighted by molar-refractivity contribution is 5.79. The number of hydrogen-bond acceptors (Lipinski definition) is 2. The van der Waals surface area contributed by atoms with Gasteiger partial charge in [-0.1, -0.05) is 13.3 Å². The molecule has 1 aliphatic carbocycles. The van der Waals surface area contributed by atoms with Crippen molar-refractivity contribution in [1.29, 1.82) is 0 Å². The molecule has 0 aromatic heterocycles. The van der Waals surface area contributed by atoms with E-state index >= 15 is 0 Å². The third kappa shape index (κ3) is 2.31. The molecular formula is C13H22N2O3. The van der Waals surface area contributed by atoms with Crippen LogP contribution >= 0.6 is 0 Å². The number of likely N-dealkylation sites (tertiary alicyclic amines) is 1. The molecule has 102 valence electrons. The number of carbonyl (C=O) groups excluding carboxylic acids is 1. The fourth-order valence-corrected chi connectivity index (χ4v) is 3.00. The Morgan fingerprint density at radius 2 is 2.06 bits per heavy atom. The Balaban J connectivity index is 1.87. The molecule has 2 fully saturated rings. The highest BCUT2D eigenvalue weighted by Crippen LogP contribution is 2.40. The number of aliphatic carboxylic acids is 1. The molecule has 0 spiro atoms. The van der Waals surface area contributed by atoms with Crippen molar-refractivity contribution in [3.05, 3.63) is 0 Å². The average Bonchev–Trinajstić information content (AvgIpc) is 2.55. The third-order valence-electron chi connectivity index (χ3n) is 4.39. The van der Waals surface area contributed by atoms with Crippen molar-refractivity contribution in [3.8, 4) is 0 Å². The molecule has 1 heterocycles. The molecule has 2 rings (SSSR count). The molecule has 1 saturated heterocycles. The lowest BCUT2D eigenvalue weighted by molar-refractivity contribution is -0.153. The van der Waals surface area contributed by atoms with Gasteiger partial charge in [-0.2, -0.15) is 0 Å². The maximum Gasteiger partial charge on any atom is 0.317 e. The van der Waals surface area contributed by atoms with Crippen molar-refractivity contribution < 1.29 is 14.7 Å². The minimum atomic E-state index is -0.781. The second-order valence-corrected chi connectivity index (χ2v) is 5.94. The van der Waals surface area contributed by atoms with Crippen LogP contribution in [0.15, 0.2) is 0 Å². The lowest BCUT2D eigenvalue weighted by Gasteiger charge is -2.38. The van der Waals surface area contributed by atoms with Gasteiger partial charge in [0.1, 0.15) is 0 Å². The first-order valence-corrected chi connectivity index (χ1v) is 6.72. The Kier molecular flexibility index (Phi) is 3.50. The highest BCUT2D eigenvalue weighted by atomic mass is 16.4. The number of rotatable bonds is 3. The van der Waals surface area contributed by atoms with Crippen molar-refractivity contribution in [2.45, 2.75) is 45.6 Å². The molecule has 0 aromatic rings. The van der Waals surface area contributed by atoms with Crippen molar-refractivity contribution in [3.63, 3.8) is 0 Å². The van der Waals surface area contributed by atoms with Crippen LogP contribution in [0, 0.1) is 11.3 Å². The normalized spacial score (nSPS) is 29.8. The largest absolute Gasteiger partial charge is 0.481 e. The summed E-state index contributed by atoms with van der Waals surface area (Å²) in [6, 6.07) is 0.140. The molecule has 5 nitrogen and oxygen atoms in total. The Bertz CT molecular complexity index is 352. The van der Waals surface area contributed by atoms with Crippen molar-refractivity contribution >= 4 is 12.0 Å². The predicted molar refractivity (Wildman–Crippen MR) is 67.3 cm³/mol. The number of amides is 2. The van der Waals surface area contributed by atoms with Crippen LogP contribution < -0.4 is 5.32 Å². The second-order valence-electron chi connectivity index (χ2n) is 5.94. The predicted octanol–water partition coefficient (Wildman–Crippen LogP) is 1.68. The van der Waals surface area contributed by atoms with E-state index < -0.39 is 11.4 Å². The molecule has 0 radical (unpaired) electrons. The number of carboxylic acids is 1. The van der Waals surface area contributed by atoms with E-state index in [2.05, 4.69) is 12.2 Å². The lowest BCUT2D eigenvalue weighted by atomic mass is 9.69. The van der Waals surface area contributed by atoms with E-state index in [1.165, 1.54) is 0 Å². The van der Waals surface area contributed by atoms with Crippen LogP contribution in [0.4, 0.5) is 4.79 Å². The van der Waals surface area contributed by atoms with Crippen molar-refractivity contribution in [1.82, 2.24) is 10.2 Å². The summed E-state index contributed by atoms with van der Waals surface area (Å²) in [5, 5.41) is 12.0. The number of nitrogens with zero attached hydrogens (tertiary/aromatic N) is 1. The van der Waals surface area contributed by atoms with Crippen LogP contribution in [0.5, 0.6) is 0 Å². The summed E-state index contributed by atoms with van der Waals surface area (Å²) < 4.78 is 0. The van der Waals surface area contributed by atoms with Gasteiger partial charge in [-0.25, -0.2) is 4.79 Å². The Labute approximate surface area is 108 Å². The van der Waals surface area contributed by atoms with Gasteiger partial charge in [0.2, 0.25) is 0 Å². The van der Waals surface area contributed by atoms with Crippen LogP contribution in [0.25, 0.3) is 0 Å². The van der Waals surface area contributed by atoms with Crippen molar-refractivity contribution in [2.75, 3.05) is 13.1 Å². The molecule has 18 heavy (non-hydrogen) atoms. The maximum atomic E-state index is 12.0. The Morgan fingerprint density at radius 1 is 1.39 bits per heavy atom. The molecule has 5 heteroatoms. The highest BCUT2D eigenvalue weighted by Gasteiger charge is 2.45. The summed E-state index contributed by atoms with van der Waals surface area (Å²) in [5.74, 6) is -0.250. The van der Waals surface area contributed by atoms with Crippen molar-refractivity contribution in [2.24, 2.45) is 11.3 Å². The molecule has 2 aliphatic rings. The zero-order valence-corrected chi connectivity index (χ0v) is 11.1. The molecule has 0 aromatic carbocycles. The fourth-order valence-electron chi connectivity index (χ4n) is 3.00. The quantitative estimate of drug-likeness (QED) is 0.805. The van der Waals surface area contributed by atoms with Gasteiger partial charge in [0.05, 0.1) is 5.41 Å².